The first kappa shape index (κ1) is 20.5. The average molecular weight is 410 g/mol. The zero-order valence-electron chi connectivity index (χ0n) is 16.5. The molecule has 1 aromatic heterocycles. The third-order valence-corrected chi connectivity index (χ3v) is 4.38. The fraction of sp³-hybridized carbons (Fsp3) is 0.238. The van der Waals surface area contributed by atoms with E-state index in [4.69, 9.17) is 21.5 Å². The molecule has 0 aliphatic heterocycles. The predicted octanol–water partition coefficient (Wildman–Crippen LogP) is 4.02. The second kappa shape index (κ2) is 9.29. The Kier molecular flexibility index (Phi) is 6.56. The number of carbonyl (C=O) groups is 1. The molecule has 29 heavy (non-hydrogen) atoms. The molecule has 3 rings (SSSR count). The van der Waals surface area contributed by atoms with Gasteiger partial charge >= 0.3 is 5.97 Å². The second-order valence-corrected chi connectivity index (χ2v) is 6.85. The highest BCUT2D eigenvalue weighted by Crippen LogP contribution is 2.18. The van der Waals surface area contributed by atoms with Gasteiger partial charge in [-0.3, -0.25) is 0 Å². The van der Waals surface area contributed by atoms with Gasteiger partial charge in [-0.1, -0.05) is 28.9 Å². The third-order valence-electron chi connectivity index (χ3n) is 4.13. The van der Waals surface area contributed by atoms with Crippen molar-refractivity contribution >= 4 is 29.0 Å². The summed E-state index contributed by atoms with van der Waals surface area (Å²) in [5, 5.41) is 10.6. The average Bonchev–Trinajstić information content (AvgIpc) is 3.17. The van der Waals surface area contributed by atoms with Crippen molar-refractivity contribution in [1.82, 2.24) is 15.5 Å². The Morgan fingerprint density at radius 1 is 1.21 bits per heavy atom. The summed E-state index contributed by atoms with van der Waals surface area (Å²) in [5.41, 5.74) is 4.20. The van der Waals surface area contributed by atoms with E-state index in [0.29, 0.717) is 35.5 Å². The number of aromatic nitrogens is 2. The first-order valence-electron chi connectivity index (χ1n) is 9.18. The number of nitrogens with zero attached hydrogens (tertiary/aromatic N) is 2. The number of rotatable bonds is 6. The summed E-state index contributed by atoms with van der Waals surface area (Å²) in [6.45, 7) is 6.31. The lowest BCUT2D eigenvalue weighted by molar-refractivity contribution is 0.0526. The molecule has 0 saturated carbocycles. The molecular formula is C21H22N4O3S. The lowest BCUT2D eigenvalue weighted by Crippen LogP contribution is -2.28. The highest BCUT2D eigenvalue weighted by Gasteiger charge is 2.11. The quantitative estimate of drug-likeness (QED) is 0.465. The molecular weight excluding hydrogens is 388 g/mol. The zero-order valence-corrected chi connectivity index (χ0v) is 17.3. The van der Waals surface area contributed by atoms with E-state index in [1.807, 2.05) is 38.1 Å². The van der Waals surface area contributed by atoms with Gasteiger partial charge in [-0.25, -0.2) is 4.79 Å². The number of hydrogen-bond donors (Lipinski definition) is 2. The fourth-order valence-electron chi connectivity index (χ4n) is 2.70. The minimum absolute atomic E-state index is 0.296. The molecule has 2 aromatic carbocycles. The lowest BCUT2D eigenvalue weighted by Gasteiger charge is -2.12. The van der Waals surface area contributed by atoms with Crippen molar-refractivity contribution < 1.29 is 14.1 Å². The molecule has 150 valence electrons. The predicted molar refractivity (Wildman–Crippen MR) is 115 cm³/mol. The molecule has 2 N–H and O–H groups in total. The normalized spacial score (nSPS) is 10.4. The number of anilines is 1. The van der Waals surface area contributed by atoms with Gasteiger partial charge in [-0.15, -0.1) is 0 Å². The molecule has 0 aliphatic rings. The summed E-state index contributed by atoms with van der Waals surface area (Å²) in [5.74, 6) is 0.624. The maximum Gasteiger partial charge on any atom is 0.338 e. The van der Waals surface area contributed by atoms with Crippen LogP contribution < -0.4 is 10.6 Å². The van der Waals surface area contributed by atoms with Crippen molar-refractivity contribution in [3.05, 3.63) is 65.0 Å². The molecule has 0 spiro atoms. The smallest absolute Gasteiger partial charge is 0.338 e. The van der Waals surface area contributed by atoms with E-state index in [0.717, 1.165) is 22.4 Å². The number of aryl methyl sites for hydroxylation is 2. The molecule has 0 radical (unpaired) electrons. The van der Waals surface area contributed by atoms with Crippen LogP contribution in [0.4, 0.5) is 5.69 Å². The molecule has 0 unspecified atom stereocenters. The van der Waals surface area contributed by atoms with Crippen LogP contribution in [0, 0.1) is 13.8 Å². The van der Waals surface area contributed by atoms with Gasteiger partial charge in [0.2, 0.25) is 11.7 Å². The molecule has 0 bridgehead atoms. The Labute approximate surface area is 174 Å². The summed E-state index contributed by atoms with van der Waals surface area (Å²) in [4.78, 5) is 16.2. The van der Waals surface area contributed by atoms with E-state index in [1.165, 1.54) is 0 Å². The van der Waals surface area contributed by atoms with Crippen LogP contribution >= 0.6 is 12.2 Å². The fourth-order valence-corrected chi connectivity index (χ4v) is 2.88. The van der Waals surface area contributed by atoms with Gasteiger partial charge in [0.15, 0.2) is 5.11 Å². The number of thiocarbonyl (C=S) groups is 1. The van der Waals surface area contributed by atoms with Crippen molar-refractivity contribution in [2.45, 2.75) is 27.3 Å². The second-order valence-electron chi connectivity index (χ2n) is 6.44. The van der Waals surface area contributed by atoms with Gasteiger partial charge in [0.05, 0.1) is 18.7 Å². The van der Waals surface area contributed by atoms with E-state index in [-0.39, 0.29) is 5.97 Å². The van der Waals surface area contributed by atoms with Crippen LogP contribution in [0.25, 0.3) is 11.4 Å². The van der Waals surface area contributed by atoms with Crippen LogP contribution in [0.3, 0.4) is 0 Å². The molecule has 7 nitrogen and oxygen atoms in total. The maximum absolute atomic E-state index is 11.8. The topological polar surface area (TPSA) is 89.3 Å². The Bertz CT molecular complexity index is 1030. The van der Waals surface area contributed by atoms with E-state index < -0.39 is 0 Å². The Morgan fingerprint density at radius 2 is 2.03 bits per heavy atom. The van der Waals surface area contributed by atoms with Gasteiger partial charge in [-0.05, 0) is 62.8 Å². The Balaban J connectivity index is 1.57. The third kappa shape index (κ3) is 5.39. The van der Waals surface area contributed by atoms with Gasteiger partial charge in [-0.2, -0.15) is 4.98 Å². The SMILES string of the molecule is CCOC(=O)c1ccc(NC(=S)NCc2nc(-c3cccc(C)c3)no2)c(C)c1. The van der Waals surface area contributed by atoms with Gasteiger partial charge in [0.1, 0.15) is 0 Å². The molecule has 0 saturated heterocycles. The van der Waals surface area contributed by atoms with Gasteiger partial charge < -0.3 is 19.9 Å². The van der Waals surface area contributed by atoms with Gasteiger partial charge in [0.25, 0.3) is 0 Å². The summed E-state index contributed by atoms with van der Waals surface area (Å²) in [6, 6.07) is 13.1. The number of carbonyl (C=O) groups excluding carboxylic acids is 1. The van der Waals surface area contributed by atoms with Crippen LogP contribution in [-0.4, -0.2) is 27.8 Å². The number of hydrogen-bond acceptors (Lipinski definition) is 6. The van der Waals surface area contributed by atoms with E-state index in [1.54, 1.807) is 25.1 Å². The maximum atomic E-state index is 11.8. The molecule has 0 atom stereocenters. The van der Waals surface area contributed by atoms with E-state index >= 15 is 0 Å². The molecule has 0 aliphatic carbocycles. The summed E-state index contributed by atoms with van der Waals surface area (Å²) in [7, 11) is 0. The van der Waals surface area contributed by atoms with Crippen LogP contribution in [0.2, 0.25) is 0 Å². The monoisotopic (exact) mass is 410 g/mol. The Hall–Kier alpha value is -3.26. The first-order chi connectivity index (χ1) is 14.0. The van der Waals surface area contributed by atoms with Crippen molar-refractivity contribution in [1.29, 1.82) is 0 Å². The van der Waals surface area contributed by atoms with Crippen molar-refractivity contribution in [2.75, 3.05) is 11.9 Å². The number of esters is 1. The molecule has 1 heterocycles. The summed E-state index contributed by atoms with van der Waals surface area (Å²) in [6.07, 6.45) is 0. The molecule has 8 heteroatoms. The standard InChI is InChI=1S/C21H22N4O3S/c1-4-27-20(26)16-8-9-17(14(3)11-16)23-21(29)22-12-18-24-19(25-28-18)15-7-5-6-13(2)10-15/h5-11H,4,12H2,1-3H3,(H2,22,23,29). The minimum atomic E-state index is -0.344. The zero-order chi connectivity index (χ0) is 20.8. The summed E-state index contributed by atoms with van der Waals surface area (Å²) < 4.78 is 10.3. The lowest BCUT2D eigenvalue weighted by atomic mass is 10.1. The molecule has 0 fully saturated rings. The molecule has 3 aromatic rings. The first-order valence-corrected chi connectivity index (χ1v) is 9.59. The molecule has 0 amide bonds. The highest BCUT2D eigenvalue weighted by molar-refractivity contribution is 7.80. The van der Waals surface area contributed by atoms with Crippen molar-refractivity contribution in [2.24, 2.45) is 0 Å². The van der Waals surface area contributed by atoms with Crippen molar-refractivity contribution in [3.8, 4) is 11.4 Å². The number of benzene rings is 2. The van der Waals surface area contributed by atoms with E-state index in [9.17, 15) is 4.79 Å². The van der Waals surface area contributed by atoms with E-state index in [2.05, 4.69) is 20.8 Å². The minimum Gasteiger partial charge on any atom is -0.462 e. The largest absolute Gasteiger partial charge is 0.462 e. The van der Waals surface area contributed by atoms with Gasteiger partial charge in [0, 0.05) is 11.3 Å². The van der Waals surface area contributed by atoms with Crippen LogP contribution in [0.5, 0.6) is 0 Å². The van der Waals surface area contributed by atoms with Crippen molar-refractivity contribution in [3.63, 3.8) is 0 Å². The van der Waals surface area contributed by atoms with Crippen LogP contribution in [0.1, 0.15) is 34.3 Å². The van der Waals surface area contributed by atoms with Crippen LogP contribution in [-0.2, 0) is 11.3 Å². The Morgan fingerprint density at radius 3 is 2.76 bits per heavy atom. The highest BCUT2D eigenvalue weighted by atomic mass is 32.1. The summed E-state index contributed by atoms with van der Waals surface area (Å²) >= 11 is 5.33. The number of nitrogens with one attached hydrogen (secondary N) is 2. The van der Waals surface area contributed by atoms with Crippen LogP contribution in [0.15, 0.2) is 47.0 Å². The number of ether oxygens (including phenoxy) is 1.